The van der Waals surface area contributed by atoms with Crippen molar-refractivity contribution < 1.29 is 9.90 Å². The van der Waals surface area contributed by atoms with Crippen LogP contribution in [-0.2, 0) is 0 Å². The summed E-state index contributed by atoms with van der Waals surface area (Å²) in [6, 6.07) is 5.78. The largest absolute Gasteiger partial charge is 0.478 e. The van der Waals surface area contributed by atoms with Crippen molar-refractivity contribution in [3.8, 4) is 0 Å². The summed E-state index contributed by atoms with van der Waals surface area (Å²) in [6.07, 6.45) is 3.52. The second-order valence-electron chi connectivity index (χ2n) is 3.97. The van der Waals surface area contributed by atoms with Crippen LogP contribution < -0.4 is 0 Å². The van der Waals surface area contributed by atoms with E-state index in [1.165, 1.54) is 6.42 Å². The predicted octanol–water partition coefficient (Wildman–Crippen LogP) is 2.96. The average Bonchev–Trinajstić information content (AvgIpc) is 1.99. The zero-order valence-electron chi connectivity index (χ0n) is 8.29. The molecule has 0 spiro atoms. The molecule has 1 aliphatic rings. The topological polar surface area (TPSA) is 37.3 Å². The van der Waals surface area contributed by atoms with Crippen LogP contribution in [0.5, 0.6) is 0 Å². The summed E-state index contributed by atoms with van der Waals surface area (Å²) < 4.78 is 0. The molecule has 1 aromatic rings. The smallest absolute Gasteiger partial charge is 0.336 e. The van der Waals surface area contributed by atoms with Gasteiger partial charge in [0.25, 0.3) is 0 Å². The fraction of sp³-hybridized carbons (Fsp3) is 0.417. The maximum absolute atomic E-state index is 11.1. The van der Waals surface area contributed by atoms with Gasteiger partial charge in [-0.05, 0) is 36.8 Å². The Hall–Kier alpha value is -1.31. The van der Waals surface area contributed by atoms with Gasteiger partial charge in [0, 0.05) is 0 Å². The van der Waals surface area contributed by atoms with E-state index in [1.54, 1.807) is 0 Å². The zero-order chi connectivity index (χ0) is 10.1. The van der Waals surface area contributed by atoms with Crippen molar-refractivity contribution in [2.24, 2.45) is 0 Å². The molecule has 1 aromatic carbocycles. The van der Waals surface area contributed by atoms with E-state index in [4.69, 9.17) is 5.11 Å². The van der Waals surface area contributed by atoms with Gasteiger partial charge in [-0.3, -0.25) is 0 Å². The van der Waals surface area contributed by atoms with Crippen molar-refractivity contribution in [2.45, 2.75) is 32.1 Å². The van der Waals surface area contributed by atoms with Crippen molar-refractivity contribution in [2.75, 3.05) is 0 Å². The molecule has 1 aliphatic carbocycles. The van der Waals surface area contributed by atoms with Gasteiger partial charge in [0.15, 0.2) is 0 Å². The van der Waals surface area contributed by atoms with E-state index in [-0.39, 0.29) is 0 Å². The van der Waals surface area contributed by atoms with Gasteiger partial charge < -0.3 is 5.11 Å². The molecule has 1 saturated carbocycles. The highest BCUT2D eigenvalue weighted by Gasteiger charge is 2.25. The molecule has 14 heavy (non-hydrogen) atoms. The molecule has 0 heterocycles. The molecule has 0 aromatic heterocycles. The van der Waals surface area contributed by atoms with Crippen LogP contribution in [0.3, 0.4) is 0 Å². The molecule has 1 fully saturated rings. The van der Waals surface area contributed by atoms with E-state index >= 15 is 0 Å². The molecule has 0 unspecified atom stereocenters. The van der Waals surface area contributed by atoms with Crippen LogP contribution in [0.4, 0.5) is 0 Å². The first-order valence-electron chi connectivity index (χ1n) is 5.03. The van der Waals surface area contributed by atoms with Gasteiger partial charge in [-0.2, -0.15) is 0 Å². The van der Waals surface area contributed by atoms with E-state index in [9.17, 15) is 4.79 Å². The molecule has 2 rings (SSSR count). The molecule has 2 nitrogen and oxygen atoms in total. The summed E-state index contributed by atoms with van der Waals surface area (Å²) in [5, 5.41) is 9.11. The summed E-state index contributed by atoms with van der Waals surface area (Å²) in [5.41, 5.74) is 2.43. The highest BCUT2D eigenvalue weighted by molar-refractivity contribution is 5.91. The normalized spacial score (nSPS) is 16.4. The van der Waals surface area contributed by atoms with E-state index < -0.39 is 5.97 Å². The van der Waals surface area contributed by atoms with Gasteiger partial charge in [-0.25, -0.2) is 4.79 Å². The second-order valence-corrected chi connectivity index (χ2v) is 3.97. The number of rotatable bonds is 2. The van der Waals surface area contributed by atoms with Crippen molar-refractivity contribution in [1.82, 2.24) is 0 Å². The van der Waals surface area contributed by atoms with Crippen molar-refractivity contribution in [3.05, 3.63) is 34.9 Å². The maximum Gasteiger partial charge on any atom is 0.336 e. The molecule has 0 amide bonds. The van der Waals surface area contributed by atoms with Gasteiger partial charge in [0.1, 0.15) is 0 Å². The molecule has 0 atom stereocenters. The third-order valence-electron chi connectivity index (χ3n) is 3.06. The third kappa shape index (κ3) is 1.41. The Labute approximate surface area is 83.6 Å². The minimum absolute atomic E-state index is 0.487. The van der Waals surface area contributed by atoms with Gasteiger partial charge >= 0.3 is 5.97 Å². The molecular weight excluding hydrogens is 176 g/mol. The molecular formula is C12H14O2. The minimum Gasteiger partial charge on any atom is -0.478 e. The van der Waals surface area contributed by atoms with Gasteiger partial charge in [-0.1, -0.05) is 24.6 Å². The van der Waals surface area contributed by atoms with Crippen LogP contribution >= 0.6 is 0 Å². The minimum atomic E-state index is -0.787. The Morgan fingerprint density at radius 2 is 2.14 bits per heavy atom. The quantitative estimate of drug-likeness (QED) is 0.778. The third-order valence-corrected chi connectivity index (χ3v) is 3.06. The van der Waals surface area contributed by atoms with Crippen molar-refractivity contribution in [3.63, 3.8) is 0 Å². The van der Waals surface area contributed by atoms with Gasteiger partial charge in [0.2, 0.25) is 0 Å². The lowest BCUT2D eigenvalue weighted by atomic mass is 9.77. The number of hydrogen-bond acceptors (Lipinski definition) is 1. The first kappa shape index (κ1) is 9.25. The number of aryl methyl sites for hydroxylation is 1. The van der Waals surface area contributed by atoms with Crippen molar-refractivity contribution in [1.29, 1.82) is 0 Å². The van der Waals surface area contributed by atoms with E-state index in [2.05, 4.69) is 0 Å². The highest BCUT2D eigenvalue weighted by Crippen LogP contribution is 2.38. The molecule has 1 N–H and O–H groups in total. The summed E-state index contributed by atoms with van der Waals surface area (Å²) in [5.74, 6) is -0.300. The fourth-order valence-electron chi connectivity index (χ4n) is 2.04. The van der Waals surface area contributed by atoms with Gasteiger partial charge in [0.05, 0.1) is 5.56 Å². The summed E-state index contributed by atoms with van der Waals surface area (Å²) in [6.45, 7) is 1.87. The molecule has 0 bridgehead atoms. The molecule has 0 radical (unpaired) electrons. The first-order valence-corrected chi connectivity index (χ1v) is 5.03. The van der Waals surface area contributed by atoms with Crippen LogP contribution in [0, 0.1) is 6.92 Å². The zero-order valence-corrected chi connectivity index (χ0v) is 8.29. The molecule has 0 aliphatic heterocycles. The van der Waals surface area contributed by atoms with E-state index in [1.807, 2.05) is 25.1 Å². The van der Waals surface area contributed by atoms with Crippen LogP contribution in [0.1, 0.15) is 46.7 Å². The van der Waals surface area contributed by atoms with Crippen LogP contribution in [0.15, 0.2) is 18.2 Å². The van der Waals surface area contributed by atoms with Crippen LogP contribution in [0.25, 0.3) is 0 Å². The highest BCUT2D eigenvalue weighted by atomic mass is 16.4. The van der Waals surface area contributed by atoms with Crippen molar-refractivity contribution >= 4 is 5.97 Å². The van der Waals surface area contributed by atoms with Crippen LogP contribution in [-0.4, -0.2) is 11.1 Å². The summed E-state index contributed by atoms with van der Waals surface area (Å²) in [7, 11) is 0. The summed E-state index contributed by atoms with van der Waals surface area (Å²) in [4.78, 5) is 11.1. The monoisotopic (exact) mass is 190 g/mol. The SMILES string of the molecule is Cc1cccc(C2CCC2)c1C(=O)O. The Morgan fingerprint density at radius 3 is 2.64 bits per heavy atom. The predicted molar refractivity (Wildman–Crippen MR) is 54.7 cm³/mol. The standard InChI is InChI=1S/C12H14O2/c1-8-4-2-7-10(9-5-3-6-9)11(8)12(13)14/h2,4,7,9H,3,5-6H2,1H3,(H,13,14). The van der Waals surface area contributed by atoms with E-state index in [0.717, 1.165) is 24.0 Å². The lowest BCUT2D eigenvalue weighted by molar-refractivity contribution is 0.0693. The molecule has 2 heteroatoms. The van der Waals surface area contributed by atoms with Crippen LogP contribution in [0.2, 0.25) is 0 Å². The molecule has 74 valence electrons. The number of carbonyl (C=O) groups is 1. The number of aromatic carboxylic acids is 1. The number of carboxylic acid groups (broad SMARTS) is 1. The number of benzene rings is 1. The lowest BCUT2D eigenvalue weighted by Gasteiger charge is -2.27. The maximum atomic E-state index is 11.1. The van der Waals surface area contributed by atoms with E-state index in [0.29, 0.717) is 11.5 Å². The Kier molecular flexibility index (Phi) is 2.28. The Bertz CT molecular complexity index is 365. The Balaban J connectivity index is 2.46. The van der Waals surface area contributed by atoms with Gasteiger partial charge in [-0.15, -0.1) is 0 Å². The first-order chi connectivity index (χ1) is 6.70. The Morgan fingerprint density at radius 1 is 1.43 bits per heavy atom. The average molecular weight is 190 g/mol. The fourth-order valence-corrected chi connectivity index (χ4v) is 2.04. The number of carboxylic acids is 1. The second kappa shape index (κ2) is 3.45. The number of hydrogen-bond donors (Lipinski definition) is 1. The summed E-state index contributed by atoms with van der Waals surface area (Å²) >= 11 is 0. The lowest BCUT2D eigenvalue weighted by Crippen LogP contribution is -2.14. The molecule has 0 saturated heterocycles.